The molecule has 1 saturated heterocycles. The van der Waals surface area contributed by atoms with Crippen molar-refractivity contribution in [2.45, 2.75) is 12.8 Å². The van der Waals surface area contributed by atoms with Crippen LogP contribution in [0, 0.1) is 5.82 Å². The van der Waals surface area contributed by atoms with Crippen LogP contribution >= 0.6 is 0 Å². The SMILES string of the molecule is COC(=O)c1c(F)cc(N2CCCC2)c2cn(C)nc12. The van der Waals surface area contributed by atoms with E-state index in [2.05, 4.69) is 14.7 Å². The van der Waals surface area contributed by atoms with Crippen molar-refractivity contribution in [2.24, 2.45) is 7.05 Å². The first-order valence-corrected chi connectivity index (χ1v) is 6.61. The van der Waals surface area contributed by atoms with E-state index in [1.807, 2.05) is 6.20 Å². The highest BCUT2D eigenvalue weighted by Gasteiger charge is 2.24. The van der Waals surface area contributed by atoms with Gasteiger partial charge in [0.15, 0.2) is 0 Å². The molecule has 0 spiro atoms. The fourth-order valence-electron chi connectivity index (χ4n) is 2.76. The van der Waals surface area contributed by atoms with Gasteiger partial charge in [0.1, 0.15) is 16.9 Å². The number of esters is 1. The van der Waals surface area contributed by atoms with E-state index >= 15 is 0 Å². The van der Waals surface area contributed by atoms with E-state index in [9.17, 15) is 9.18 Å². The minimum Gasteiger partial charge on any atom is -0.465 e. The first-order valence-electron chi connectivity index (χ1n) is 6.61. The van der Waals surface area contributed by atoms with Crippen LogP contribution in [-0.2, 0) is 11.8 Å². The normalized spacial score (nSPS) is 15.1. The first kappa shape index (κ1) is 12.9. The van der Waals surface area contributed by atoms with E-state index in [4.69, 9.17) is 0 Å². The Kier molecular flexibility index (Phi) is 3.08. The maximum absolute atomic E-state index is 14.3. The number of ether oxygens (including phenoxy) is 1. The number of aryl methyl sites for hydroxylation is 1. The Balaban J connectivity index is 2.26. The van der Waals surface area contributed by atoms with Gasteiger partial charge in [-0.1, -0.05) is 0 Å². The number of aromatic nitrogens is 2. The maximum Gasteiger partial charge on any atom is 0.343 e. The van der Waals surface area contributed by atoms with Crippen LogP contribution in [-0.4, -0.2) is 35.9 Å². The lowest BCUT2D eigenvalue weighted by Crippen LogP contribution is -2.19. The van der Waals surface area contributed by atoms with Crippen molar-refractivity contribution in [3.63, 3.8) is 0 Å². The Hall–Kier alpha value is -2.11. The highest BCUT2D eigenvalue weighted by Crippen LogP contribution is 2.33. The molecule has 2 aromatic rings. The first-order chi connectivity index (χ1) is 9.61. The molecule has 0 aliphatic carbocycles. The quantitative estimate of drug-likeness (QED) is 0.789. The number of carbonyl (C=O) groups excluding carboxylic acids is 1. The molecule has 1 aliphatic rings. The minimum absolute atomic E-state index is 0.0916. The molecule has 20 heavy (non-hydrogen) atoms. The molecule has 0 bridgehead atoms. The summed E-state index contributed by atoms with van der Waals surface area (Å²) in [6.07, 6.45) is 4.01. The fraction of sp³-hybridized carbons (Fsp3) is 0.429. The van der Waals surface area contributed by atoms with Crippen LogP contribution in [0.15, 0.2) is 12.3 Å². The molecule has 1 aliphatic heterocycles. The zero-order valence-corrected chi connectivity index (χ0v) is 11.5. The van der Waals surface area contributed by atoms with Crippen LogP contribution in [0.1, 0.15) is 23.2 Å². The molecule has 1 aromatic carbocycles. The Morgan fingerprint density at radius 2 is 2.10 bits per heavy atom. The summed E-state index contributed by atoms with van der Waals surface area (Å²) < 4.78 is 20.6. The number of rotatable bonds is 2. The van der Waals surface area contributed by atoms with Gasteiger partial charge in [-0.2, -0.15) is 5.10 Å². The number of hydrogen-bond acceptors (Lipinski definition) is 4. The summed E-state index contributed by atoms with van der Waals surface area (Å²) in [5.74, 6) is -1.27. The summed E-state index contributed by atoms with van der Waals surface area (Å²) in [6.45, 7) is 1.81. The molecule has 1 aromatic heterocycles. The Morgan fingerprint density at radius 3 is 2.75 bits per heavy atom. The van der Waals surface area contributed by atoms with Crippen LogP contribution in [0.25, 0.3) is 10.9 Å². The van der Waals surface area contributed by atoms with Crippen LogP contribution in [0.5, 0.6) is 0 Å². The number of methoxy groups -OCH3 is 1. The number of halogens is 1. The average molecular weight is 277 g/mol. The topological polar surface area (TPSA) is 47.4 Å². The van der Waals surface area contributed by atoms with Gasteiger partial charge in [0.25, 0.3) is 0 Å². The van der Waals surface area contributed by atoms with Crippen molar-refractivity contribution in [1.29, 1.82) is 0 Å². The number of hydrogen-bond donors (Lipinski definition) is 0. The van der Waals surface area contributed by atoms with Crippen LogP contribution < -0.4 is 4.90 Å². The van der Waals surface area contributed by atoms with Gasteiger partial charge in [-0.05, 0) is 18.9 Å². The number of fused-ring (bicyclic) bond motifs is 1. The number of carbonyl (C=O) groups is 1. The monoisotopic (exact) mass is 277 g/mol. The molecule has 0 saturated carbocycles. The zero-order valence-electron chi connectivity index (χ0n) is 11.5. The largest absolute Gasteiger partial charge is 0.465 e. The Morgan fingerprint density at radius 1 is 1.40 bits per heavy atom. The fourth-order valence-corrected chi connectivity index (χ4v) is 2.76. The second-order valence-electron chi connectivity index (χ2n) is 5.00. The zero-order chi connectivity index (χ0) is 14.3. The van der Waals surface area contributed by atoms with Gasteiger partial charge in [0.05, 0.1) is 12.8 Å². The summed E-state index contributed by atoms with van der Waals surface area (Å²) in [4.78, 5) is 13.9. The van der Waals surface area contributed by atoms with Crippen molar-refractivity contribution in [2.75, 3.05) is 25.1 Å². The molecule has 106 valence electrons. The second kappa shape index (κ2) is 4.77. The van der Waals surface area contributed by atoms with Crippen molar-refractivity contribution >= 4 is 22.6 Å². The van der Waals surface area contributed by atoms with E-state index < -0.39 is 11.8 Å². The maximum atomic E-state index is 14.3. The van der Waals surface area contributed by atoms with Crippen molar-refractivity contribution in [3.05, 3.63) is 23.6 Å². The van der Waals surface area contributed by atoms with Gasteiger partial charge in [0.2, 0.25) is 0 Å². The lowest BCUT2D eigenvalue weighted by molar-refractivity contribution is 0.0597. The lowest BCUT2D eigenvalue weighted by Gasteiger charge is -2.19. The standard InChI is InChI=1S/C14H16FN3O2/c1-17-8-9-11(18-5-3-4-6-18)7-10(15)12(13(9)16-17)14(19)20-2/h7-8H,3-6H2,1-2H3. The summed E-state index contributed by atoms with van der Waals surface area (Å²) >= 11 is 0. The molecule has 1 fully saturated rings. The van der Waals surface area contributed by atoms with Crippen LogP contribution in [0.2, 0.25) is 0 Å². The van der Waals surface area contributed by atoms with Crippen LogP contribution in [0.4, 0.5) is 10.1 Å². The van der Waals surface area contributed by atoms with E-state index in [1.54, 1.807) is 11.7 Å². The summed E-state index contributed by atoms with van der Waals surface area (Å²) in [7, 11) is 3.00. The average Bonchev–Trinajstić information content (AvgIpc) is 3.05. The van der Waals surface area contributed by atoms with Gasteiger partial charge in [-0.3, -0.25) is 4.68 Å². The predicted octanol–water partition coefficient (Wildman–Crippen LogP) is 2.10. The van der Waals surface area contributed by atoms with E-state index in [0.717, 1.165) is 37.0 Å². The van der Waals surface area contributed by atoms with E-state index in [-0.39, 0.29) is 5.56 Å². The molecule has 0 atom stereocenters. The molecule has 0 unspecified atom stereocenters. The van der Waals surface area contributed by atoms with E-state index in [0.29, 0.717) is 5.52 Å². The van der Waals surface area contributed by atoms with E-state index in [1.165, 1.54) is 13.2 Å². The van der Waals surface area contributed by atoms with Gasteiger partial charge >= 0.3 is 5.97 Å². The van der Waals surface area contributed by atoms with Gasteiger partial charge in [-0.25, -0.2) is 9.18 Å². The molecule has 6 heteroatoms. The highest BCUT2D eigenvalue weighted by molar-refractivity contribution is 6.07. The van der Waals surface area contributed by atoms with Crippen molar-refractivity contribution in [3.8, 4) is 0 Å². The van der Waals surface area contributed by atoms with Gasteiger partial charge in [-0.15, -0.1) is 0 Å². The molecule has 0 N–H and O–H groups in total. The Labute approximate surface area is 115 Å². The van der Waals surface area contributed by atoms with Gasteiger partial charge < -0.3 is 9.64 Å². The molecular formula is C14H16FN3O2. The molecule has 0 radical (unpaired) electrons. The molecule has 2 heterocycles. The molecule has 5 nitrogen and oxygen atoms in total. The third-order valence-electron chi connectivity index (χ3n) is 3.68. The Bertz CT molecular complexity index is 675. The van der Waals surface area contributed by atoms with Gasteiger partial charge in [0, 0.05) is 31.7 Å². The smallest absolute Gasteiger partial charge is 0.343 e. The summed E-state index contributed by atoms with van der Waals surface area (Å²) in [6, 6.07) is 1.42. The number of anilines is 1. The molecule has 3 rings (SSSR count). The second-order valence-corrected chi connectivity index (χ2v) is 5.00. The minimum atomic E-state index is -0.695. The van der Waals surface area contributed by atoms with Crippen molar-refractivity contribution in [1.82, 2.24) is 9.78 Å². The molecule has 0 amide bonds. The highest BCUT2D eigenvalue weighted by atomic mass is 19.1. The number of nitrogens with zero attached hydrogens (tertiary/aromatic N) is 3. The van der Waals surface area contributed by atoms with Crippen molar-refractivity contribution < 1.29 is 13.9 Å². The molecular weight excluding hydrogens is 261 g/mol. The summed E-state index contributed by atoms with van der Waals surface area (Å²) in [5.41, 5.74) is 1.07. The third-order valence-corrected chi connectivity index (χ3v) is 3.68. The summed E-state index contributed by atoms with van der Waals surface area (Å²) in [5, 5.41) is 5.01. The number of benzene rings is 1. The van der Waals surface area contributed by atoms with Crippen LogP contribution in [0.3, 0.4) is 0 Å². The lowest BCUT2D eigenvalue weighted by atomic mass is 10.1. The predicted molar refractivity (Wildman–Crippen MR) is 73.5 cm³/mol. The third kappa shape index (κ3) is 1.92.